The van der Waals surface area contributed by atoms with Crippen LogP contribution in [0.4, 0.5) is 5.69 Å². The standard InChI is InChI=1S/C14H21N3O2.ClH/c1-9(2)12(15)13(18)16-11-7-5-10(6-8-11)14(19)17(3)4;/h5-9,12H,15H2,1-4H3,(H,16,18);1H. The Morgan fingerprint density at radius 3 is 2.05 bits per heavy atom. The molecular formula is C14H22ClN3O2. The van der Waals surface area contributed by atoms with Crippen molar-refractivity contribution < 1.29 is 9.59 Å². The maximum Gasteiger partial charge on any atom is 0.253 e. The largest absolute Gasteiger partial charge is 0.345 e. The van der Waals surface area contributed by atoms with E-state index in [9.17, 15) is 9.59 Å². The molecule has 1 aromatic carbocycles. The van der Waals surface area contributed by atoms with Crippen molar-refractivity contribution in [3.63, 3.8) is 0 Å². The average molecular weight is 300 g/mol. The first-order valence-corrected chi connectivity index (χ1v) is 6.21. The first kappa shape index (κ1) is 18.4. The number of carbonyl (C=O) groups is 2. The molecule has 0 saturated heterocycles. The molecule has 0 aliphatic carbocycles. The lowest BCUT2D eigenvalue weighted by molar-refractivity contribution is -0.118. The van der Waals surface area contributed by atoms with Crippen LogP contribution < -0.4 is 11.1 Å². The molecule has 3 N–H and O–H groups in total. The summed E-state index contributed by atoms with van der Waals surface area (Å²) in [6, 6.07) is 6.21. The van der Waals surface area contributed by atoms with Gasteiger partial charge in [-0.05, 0) is 30.2 Å². The van der Waals surface area contributed by atoms with Crippen molar-refractivity contribution in [2.75, 3.05) is 19.4 Å². The lowest BCUT2D eigenvalue weighted by atomic mass is 10.0. The number of hydrogen-bond acceptors (Lipinski definition) is 3. The molecule has 0 saturated carbocycles. The fourth-order valence-electron chi connectivity index (χ4n) is 1.48. The first-order valence-electron chi connectivity index (χ1n) is 6.21. The van der Waals surface area contributed by atoms with Crippen molar-refractivity contribution in [2.24, 2.45) is 11.7 Å². The predicted octanol–water partition coefficient (Wildman–Crippen LogP) is 1.73. The minimum atomic E-state index is -0.539. The molecule has 0 bridgehead atoms. The van der Waals surface area contributed by atoms with Crippen LogP contribution in [0.15, 0.2) is 24.3 Å². The highest BCUT2D eigenvalue weighted by atomic mass is 35.5. The molecule has 20 heavy (non-hydrogen) atoms. The Kier molecular flexibility index (Phi) is 7.24. The summed E-state index contributed by atoms with van der Waals surface area (Å²) in [6.07, 6.45) is 0. The van der Waals surface area contributed by atoms with Gasteiger partial charge in [-0.1, -0.05) is 13.8 Å². The van der Waals surface area contributed by atoms with E-state index in [2.05, 4.69) is 5.32 Å². The highest BCUT2D eigenvalue weighted by molar-refractivity contribution is 5.97. The van der Waals surface area contributed by atoms with Gasteiger partial charge in [-0.25, -0.2) is 0 Å². The number of nitrogens with two attached hydrogens (primary N) is 1. The van der Waals surface area contributed by atoms with E-state index >= 15 is 0 Å². The molecule has 0 aliphatic rings. The maximum atomic E-state index is 11.8. The van der Waals surface area contributed by atoms with E-state index < -0.39 is 6.04 Å². The topological polar surface area (TPSA) is 75.4 Å². The van der Waals surface area contributed by atoms with Gasteiger partial charge >= 0.3 is 0 Å². The summed E-state index contributed by atoms with van der Waals surface area (Å²) in [5.74, 6) is -0.215. The fourth-order valence-corrected chi connectivity index (χ4v) is 1.48. The number of carbonyl (C=O) groups excluding carboxylic acids is 2. The van der Waals surface area contributed by atoms with Crippen LogP contribution >= 0.6 is 12.4 Å². The lowest BCUT2D eigenvalue weighted by Crippen LogP contribution is -2.39. The molecule has 112 valence electrons. The summed E-state index contributed by atoms with van der Waals surface area (Å²) < 4.78 is 0. The van der Waals surface area contributed by atoms with E-state index in [1.54, 1.807) is 38.4 Å². The fraction of sp³-hybridized carbons (Fsp3) is 0.429. The second-order valence-corrected chi connectivity index (χ2v) is 5.04. The predicted molar refractivity (Wildman–Crippen MR) is 83.2 cm³/mol. The molecule has 0 radical (unpaired) electrons. The van der Waals surface area contributed by atoms with Crippen molar-refractivity contribution in [2.45, 2.75) is 19.9 Å². The Morgan fingerprint density at radius 1 is 1.15 bits per heavy atom. The zero-order valence-electron chi connectivity index (χ0n) is 12.2. The van der Waals surface area contributed by atoms with E-state index in [-0.39, 0.29) is 30.1 Å². The average Bonchev–Trinajstić information content (AvgIpc) is 2.37. The van der Waals surface area contributed by atoms with Gasteiger partial charge in [0.1, 0.15) is 0 Å². The number of nitrogens with one attached hydrogen (secondary N) is 1. The number of nitrogens with zero attached hydrogens (tertiary/aromatic N) is 1. The van der Waals surface area contributed by atoms with Crippen molar-refractivity contribution in [3.8, 4) is 0 Å². The van der Waals surface area contributed by atoms with Crippen LogP contribution in [0, 0.1) is 5.92 Å². The molecule has 2 amide bonds. The highest BCUT2D eigenvalue weighted by Crippen LogP contribution is 2.12. The number of benzene rings is 1. The molecule has 0 fully saturated rings. The van der Waals surface area contributed by atoms with Gasteiger partial charge in [-0.2, -0.15) is 0 Å². The van der Waals surface area contributed by atoms with Crippen LogP contribution in [0.2, 0.25) is 0 Å². The molecule has 0 aliphatic heterocycles. The highest BCUT2D eigenvalue weighted by Gasteiger charge is 2.17. The SMILES string of the molecule is CC(C)C(N)C(=O)Nc1ccc(C(=O)N(C)C)cc1.Cl. The van der Waals surface area contributed by atoms with Gasteiger partial charge in [0.05, 0.1) is 6.04 Å². The second-order valence-electron chi connectivity index (χ2n) is 5.04. The van der Waals surface area contributed by atoms with Crippen molar-refractivity contribution in [1.29, 1.82) is 0 Å². The van der Waals surface area contributed by atoms with Gasteiger partial charge in [-0.15, -0.1) is 12.4 Å². The maximum absolute atomic E-state index is 11.8. The Bertz CT molecular complexity index is 458. The van der Waals surface area contributed by atoms with Crippen LogP contribution in [-0.2, 0) is 4.79 Å². The van der Waals surface area contributed by atoms with E-state index in [1.165, 1.54) is 4.90 Å². The number of anilines is 1. The summed E-state index contributed by atoms with van der Waals surface area (Å²) in [5, 5.41) is 2.73. The quantitative estimate of drug-likeness (QED) is 0.889. The monoisotopic (exact) mass is 299 g/mol. The van der Waals surface area contributed by atoms with Crippen LogP contribution in [0.3, 0.4) is 0 Å². The second kappa shape index (κ2) is 7.87. The zero-order valence-corrected chi connectivity index (χ0v) is 13.0. The Labute approximate surface area is 125 Å². The number of rotatable bonds is 4. The molecule has 0 spiro atoms. The van der Waals surface area contributed by atoms with E-state index in [4.69, 9.17) is 5.73 Å². The van der Waals surface area contributed by atoms with E-state index in [1.807, 2.05) is 13.8 Å². The van der Waals surface area contributed by atoms with Crippen LogP contribution in [0.25, 0.3) is 0 Å². The van der Waals surface area contributed by atoms with Crippen LogP contribution in [0.5, 0.6) is 0 Å². The number of amides is 2. The first-order chi connectivity index (χ1) is 8.82. The van der Waals surface area contributed by atoms with Gasteiger partial charge in [0.15, 0.2) is 0 Å². The third-order valence-corrected chi connectivity index (χ3v) is 2.83. The Hall–Kier alpha value is -1.59. The molecule has 0 heterocycles. The summed E-state index contributed by atoms with van der Waals surface area (Å²) >= 11 is 0. The molecule has 1 aromatic rings. The molecule has 6 heteroatoms. The van der Waals surface area contributed by atoms with Crippen LogP contribution in [-0.4, -0.2) is 36.9 Å². The van der Waals surface area contributed by atoms with Crippen molar-refractivity contribution in [3.05, 3.63) is 29.8 Å². The summed E-state index contributed by atoms with van der Waals surface area (Å²) in [7, 11) is 3.39. The molecule has 0 aromatic heterocycles. The summed E-state index contributed by atoms with van der Waals surface area (Å²) in [5.41, 5.74) is 6.97. The van der Waals surface area contributed by atoms with Crippen LogP contribution in [0.1, 0.15) is 24.2 Å². The minimum Gasteiger partial charge on any atom is -0.345 e. The van der Waals surface area contributed by atoms with Gasteiger partial charge in [-0.3, -0.25) is 9.59 Å². The van der Waals surface area contributed by atoms with Crippen molar-refractivity contribution in [1.82, 2.24) is 4.90 Å². The van der Waals surface area contributed by atoms with E-state index in [0.717, 1.165) is 0 Å². The molecular weight excluding hydrogens is 278 g/mol. The normalized spacial score (nSPS) is 11.5. The van der Waals surface area contributed by atoms with Gasteiger partial charge in [0.2, 0.25) is 5.91 Å². The third-order valence-electron chi connectivity index (χ3n) is 2.83. The smallest absolute Gasteiger partial charge is 0.253 e. The molecule has 1 rings (SSSR count). The summed E-state index contributed by atoms with van der Waals surface area (Å²) in [6.45, 7) is 3.78. The Morgan fingerprint density at radius 2 is 1.65 bits per heavy atom. The summed E-state index contributed by atoms with van der Waals surface area (Å²) in [4.78, 5) is 25.0. The van der Waals surface area contributed by atoms with Crippen molar-refractivity contribution >= 4 is 29.9 Å². The lowest BCUT2D eigenvalue weighted by Gasteiger charge is -2.15. The van der Waals surface area contributed by atoms with Gasteiger partial charge < -0.3 is 16.0 Å². The molecule has 5 nitrogen and oxygen atoms in total. The van der Waals surface area contributed by atoms with Gasteiger partial charge in [0.25, 0.3) is 5.91 Å². The number of hydrogen-bond donors (Lipinski definition) is 2. The zero-order chi connectivity index (χ0) is 14.6. The Balaban J connectivity index is 0.00000361. The van der Waals surface area contributed by atoms with E-state index in [0.29, 0.717) is 11.3 Å². The molecule has 1 atom stereocenters. The third kappa shape index (κ3) is 4.83. The number of halogens is 1. The molecule has 1 unspecified atom stereocenters. The minimum absolute atomic E-state index is 0. The van der Waals surface area contributed by atoms with Gasteiger partial charge in [0, 0.05) is 25.3 Å².